The van der Waals surface area contributed by atoms with Gasteiger partial charge in [0.05, 0.1) is 49.0 Å². The summed E-state index contributed by atoms with van der Waals surface area (Å²) in [5.41, 5.74) is 2.57. The van der Waals surface area contributed by atoms with Gasteiger partial charge in [-0.25, -0.2) is 15.0 Å². The van der Waals surface area contributed by atoms with Crippen molar-refractivity contribution in [3.63, 3.8) is 0 Å². The number of para-hydroxylation sites is 1. The smallest absolute Gasteiger partial charge is 0.184 e. The number of nitrogens with zero attached hydrogens (tertiary/aromatic N) is 6. The predicted molar refractivity (Wildman–Crippen MR) is 151 cm³/mol. The quantitative estimate of drug-likeness (QED) is 0.237. The van der Waals surface area contributed by atoms with E-state index in [4.69, 9.17) is 14.2 Å². The zero-order valence-corrected chi connectivity index (χ0v) is 23.2. The third-order valence-electron chi connectivity index (χ3n) is 6.12. The molecule has 0 bridgehead atoms. The molecule has 1 unspecified atom stereocenters. The van der Waals surface area contributed by atoms with Gasteiger partial charge in [-0.2, -0.15) is 5.10 Å². The number of hydrogen-bond donors (Lipinski definition) is 2. The normalized spacial score (nSPS) is 11.7. The van der Waals surface area contributed by atoms with E-state index in [0.29, 0.717) is 46.6 Å². The molecule has 0 aliphatic carbocycles. The molecule has 0 aliphatic heterocycles. The van der Waals surface area contributed by atoms with Gasteiger partial charge in [-0.05, 0) is 24.3 Å². The van der Waals surface area contributed by atoms with Crippen LogP contribution in [0.2, 0.25) is 0 Å². The monoisotopic (exact) mass is 547 g/mol. The molecule has 4 rings (SSSR count). The lowest BCUT2D eigenvalue weighted by atomic mass is 10.1. The molecule has 0 saturated heterocycles. The van der Waals surface area contributed by atoms with Crippen LogP contribution in [0.15, 0.2) is 55.1 Å². The molecule has 0 amide bonds. The Hall–Kier alpha value is -4.55. The number of aromatic nitrogens is 5. The first-order valence-corrected chi connectivity index (χ1v) is 12.7. The summed E-state index contributed by atoms with van der Waals surface area (Å²) >= 11 is 0. The molecule has 0 fully saturated rings. The highest BCUT2D eigenvalue weighted by atomic mass is 16.5. The highest BCUT2D eigenvalue weighted by Crippen LogP contribution is 2.40. The molecule has 12 heteroatoms. The Balaban J connectivity index is 1.65. The fourth-order valence-electron chi connectivity index (χ4n) is 4.13. The third-order valence-corrected chi connectivity index (χ3v) is 6.12. The summed E-state index contributed by atoms with van der Waals surface area (Å²) < 4.78 is 18.2. The van der Waals surface area contributed by atoms with Gasteiger partial charge in [0, 0.05) is 39.9 Å². The number of Topliss-reactive ketones (excluding diaryl/α,β-unsaturated/α-hetero) is 1. The number of carbonyl (C=O) groups is 1. The zero-order valence-electron chi connectivity index (χ0n) is 23.2. The molecular formula is C28H33N7O5. The standard InChI is InChI=1S/C28H33N7O5/c1-6-24(37)21-14-30-26(32-25-11-10-18(13-29-25)40-19(15-36)16-38-4)12-23(21)35(3)22-9-7-8-20(27(22)39-5)28-31-17-34(2)33-28/h7-14,17,19,36H,6,15-16H2,1-5H3,(H,29,30,32). The van der Waals surface area contributed by atoms with Crippen LogP contribution in [0, 0.1) is 0 Å². The van der Waals surface area contributed by atoms with Crippen LogP contribution in [0.4, 0.5) is 23.0 Å². The second kappa shape index (κ2) is 13.0. The minimum Gasteiger partial charge on any atom is -0.494 e. The summed E-state index contributed by atoms with van der Waals surface area (Å²) in [6.45, 7) is 1.89. The Morgan fingerprint density at radius 1 is 1.10 bits per heavy atom. The van der Waals surface area contributed by atoms with E-state index in [2.05, 4.69) is 25.4 Å². The van der Waals surface area contributed by atoms with Crippen molar-refractivity contribution in [1.82, 2.24) is 24.7 Å². The number of aliphatic hydroxyl groups is 1. The molecule has 4 aromatic rings. The van der Waals surface area contributed by atoms with Gasteiger partial charge in [-0.1, -0.05) is 13.0 Å². The van der Waals surface area contributed by atoms with E-state index in [1.165, 1.54) is 0 Å². The first-order valence-electron chi connectivity index (χ1n) is 12.7. The van der Waals surface area contributed by atoms with E-state index < -0.39 is 6.10 Å². The maximum atomic E-state index is 12.9. The SMILES string of the molecule is CCC(=O)c1cnc(Nc2ccc(OC(CO)COC)cn2)cc1N(C)c1cccc(-c2ncn(C)n2)c1OC. The van der Waals surface area contributed by atoms with E-state index in [0.717, 1.165) is 11.3 Å². The third kappa shape index (κ3) is 6.35. The molecule has 0 aliphatic rings. The number of rotatable bonds is 13. The summed E-state index contributed by atoms with van der Waals surface area (Å²) in [5.74, 6) is 2.57. The topological polar surface area (TPSA) is 137 Å². The number of pyridine rings is 2. The van der Waals surface area contributed by atoms with Gasteiger partial charge < -0.3 is 29.5 Å². The number of nitrogens with one attached hydrogen (secondary N) is 1. The van der Waals surface area contributed by atoms with Gasteiger partial charge in [-0.15, -0.1) is 0 Å². The van der Waals surface area contributed by atoms with Crippen molar-refractivity contribution in [3.05, 3.63) is 60.7 Å². The Kier molecular flexibility index (Phi) is 9.25. The molecule has 12 nitrogen and oxygen atoms in total. The van der Waals surface area contributed by atoms with Gasteiger partial charge in [0.25, 0.3) is 0 Å². The lowest BCUT2D eigenvalue weighted by molar-refractivity contribution is 0.0411. The molecule has 2 N–H and O–H groups in total. The second-order valence-electron chi connectivity index (χ2n) is 8.90. The molecule has 40 heavy (non-hydrogen) atoms. The maximum Gasteiger partial charge on any atom is 0.184 e. The highest BCUT2D eigenvalue weighted by Gasteiger charge is 2.22. The number of carbonyl (C=O) groups excluding carboxylic acids is 1. The molecule has 3 heterocycles. The van der Waals surface area contributed by atoms with Crippen LogP contribution in [0.25, 0.3) is 11.4 Å². The molecule has 1 aromatic carbocycles. The van der Waals surface area contributed by atoms with Crippen molar-refractivity contribution >= 4 is 28.8 Å². The Morgan fingerprint density at radius 3 is 2.52 bits per heavy atom. The number of benzene rings is 1. The van der Waals surface area contributed by atoms with Crippen molar-refractivity contribution in [2.24, 2.45) is 7.05 Å². The molecule has 210 valence electrons. The van der Waals surface area contributed by atoms with Crippen molar-refractivity contribution in [1.29, 1.82) is 0 Å². The number of ketones is 1. The summed E-state index contributed by atoms with van der Waals surface area (Å²) in [7, 11) is 6.80. The van der Waals surface area contributed by atoms with Crippen LogP contribution in [-0.2, 0) is 11.8 Å². The van der Waals surface area contributed by atoms with Crippen LogP contribution < -0.4 is 19.7 Å². The predicted octanol–water partition coefficient (Wildman–Crippen LogP) is 3.77. The fourth-order valence-corrected chi connectivity index (χ4v) is 4.13. The Bertz CT molecular complexity index is 1440. The minimum absolute atomic E-state index is 0.0449. The molecular weight excluding hydrogens is 514 g/mol. The number of anilines is 4. The van der Waals surface area contributed by atoms with Gasteiger partial charge in [0.15, 0.2) is 17.4 Å². The van der Waals surface area contributed by atoms with Crippen LogP contribution in [0.5, 0.6) is 11.5 Å². The van der Waals surface area contributed by atoms with Crippen LogP contribution >= 0.6 is 0 Å². The lowest BCUT2D eigenvalue weighted by Gasteiger charge is -2.25. The van der Waals surface area contributed by atoms with E-state index in [1.807, 2.05) is 37.1 Å². The van der Waals surface area contributed by atoms with E-state index in [-0.39, 0.29) is 19.0 Å². The minimum atomic E-state index is -0.488. The first-order chi connectivity index (χ1) is 19.4. The molecule has 0 spiro atoms. The summed E-state index contributed by atoms with van der Waals surface area (Å²) in [6, 6.07) is 10.9. The van der Waals surface area contributed by atoms with Gasteiger partial charge in [0.2, 0.25) is 0 Å². The largest absolute Gasteiger partial charge is 0.494 e. The van der Waals surface area contributed by atoms with Gasteiger partial charge in [0.1, 0.15) is 29.8 Å². The number of aliphatic hydroxyl groups excluding tert-OH is 1. The zero-order chi connectivity index (χ0) is 28.6. The summed E-state index contributed by atoms with van der Waals surface area (Å²) in [4.78, 5) is 28.0. The Labute approximate surface area is 232 Å². The molecule has 1 atom stereocenters. The fraction of sp³-hybridized carbons (Fsp3) is 0.321. The van der Waals surface area contributed by atoms with Crippen LogP contribution in [-0.4, -0.2) is 76.2 Å². The van der Waals surface area contributed by atoms with E-state index >= 15 is 0 Å². The summed E-state index contributed by atoms with van der Waals surface area (Å²) in [5, 5.41) is 17.0. The number of hydrogen-bond acceptors (Lipinski definition) is 11. The highest BCUT2D eigenvalue weighted by molar-refractivity contribution is 6.02. The van der Waals surface area contributed by atoms with Crippen LogP contribution in [0.3, 0.4) is 0 Å². The van der Waals surface area contributed by atoms with Crippen molar-refractivity contribution in [2.75, 3.05) is 44.7 Å². The average Bonchev–Trinajstić information content (AvgIpc) is 3.42. The van der Waals surface area contributed by atoms with Gasteiger partial charge >= 0.3 is 0 Å². The van der Waals surface area contributed by atoms with E-state index in [9.17, 15) is 9.90 Å². The second-order valence-corrected chi connectivity index (χ2v) is 8.90. The number of aryl methyl sites for hydroxylation is 1. The van der Waals surface area contributed by atoms with Crippen molar-refractivity contribution in [3.8, 4) is 22.9 Å². The van der Waals surface area contributed by atoms with Crippen LogP contribution in [0.1, 0.15) is 23.7 Å². The lowest BCUT2D eigenvalue weighted by Crippen LogP contribution is -2.26. The Morgan fingerprint density at radius 2 is 1.90 bits per heavy atom. The molecule has 0 radical (unpaired) electrons. The van der Waals surface area contributed by atoms with Crippen molar-refractivity contribution in [2.45, 2.75) is 19.4 Å². The molecule has 0 saturated carbocycles. The first kappa shape index (κ1) is 28.5. The van der Waals surface area contributed by atoms with Crippen molar-refractivity contribution < 1.29 is 24.1 Å². The van der Waals surface area contributed by atoms with Gasteiger partial charge in [-0.3, -0.25) is 9.48 Å². The van der Waals surface area contributed by atoms with E-state index in [1.54, 1.807) is 62.9 Å². The average molecular weight is 548 g/mol. The summed E-state index contributed by atoms with van der Waals surface area (Å²) in [6.07, 6.45) is 4.57. The maximum absolute atomic E-state index is 12.9. The number of methoxy groups -OCH3 is 2. The molecule has 3 aromatic heterocycles. The number of ether oxygens (including phenoxy) is 3.